The van der Waals surface area contributed by atoms with Gasteiger partial charge < -0.3 is 21.3 Å². The van der Waals surface area contributed by atoms with Gasteiger partial charge in [-0.25, -0.2) is 9.59 Å². The van der Waals surface area contributed by atoms with E-state index in [4.69, 9.17) is 16.6 Å². The van der Waals surface area contributed by atoms with Crippen molar-refractivity contribution in [3.63, 3.8) is 0 Å². The largest absolute Gasteiger partial charge is 0.478 e. The molecule has 0 aliphatic carbocycles. The molecule has 0 unspecified atom stereocenters. The maximum absolute atomic E-state index is 10.9. The molecule has 0 fully saturated rings. The number of esters is 1. The normalized spacial score (nSPS) is 9.19. The van der Waals surface area contributed by atoms with E-state index in [1.54, 1.807) is 36.4 Å². The van der Waals surface area contributed by atoms with Gasteiger partial charge in [-0.05, 0) is 48.5 Å². The van der Waals surface area contributed by atoms with Crippen molar-refractivity contribution >= 4 is 23.3 Å². The fraction of sp³-hybridized carbons (Fsp3) is 0.0667. The lowest BCUT2D eigenvalue weighted by Gasteiger charge is -1.97. The minimum atomic E-state index is -0.931. The third-order valence-electron chi connectivity index (χ3n) is 2.49. The molecule has 0 bridgehead atoms. The number of nitrogen functional groups attached to an aromatic ring is 2. The molecule has 0 spiro atoms. The van der Waals surface area contributed by atoms with Gasteiger partial charge in [0, 0.05) is 11.4 Å². The number of hydrogen-bond donors (Lipinski definition) is 3. The van der Waals surface area contributed by atoms with Crippen LogP contribution < -0.4 is 11.5 Å². The van der Waals surface area contributed by atoms with Gasteiger partial charge in [0.1, 0.15) is 0 Å². The number of aromatic carboxylic acids is 1. The zero-order valence-corrected chi connectivity index (χ0v) is 11.4. The second-order valence-corrected chi connectivity index (χ2v) is 4.04. The first kappa shape index (κ1) is 16.0. The molecule has 0 atom stereocenters. The first-order valence-corrected chi connectivity index (χ1v) is 5.96. The number of benzene rings is 2. The van der Waals surface area contributed by atoms with Gasteiger partial charge in [0.05, 0.1) is 18.2 Å². The van der Waals surface area contributed by atoms with Crippen molar-refractivity contribution in [2.45, 2.75) is 0 Å². The predicted molar refractivity (Wildman–Crippen MR) is 80.0 cm³/mol. The van der Waals surface area contributed by atoms with Crippen molar-refractivity contribution in [1.29, 1.82) is 0 Å². The maximum Gasteiger partial charge on any atom is 0.337 e. The summed E-state index contributed by atoms with van der Waals surface area (Å²) >= 11 is 0. The molecule has 2 aromatic rings. The van der Waals surface area contributed by atoms with Gasteiger partial charge in [0.2, 0.25) is 0 Å². The second-order valence-electron chi connectivity index (χ2n) is 4.04. The molecule has 0 saturated carbocycles. The number of carboxylic acids is 1. The molecule has 6 heteroatoms. The van der Waals surface area contributed by atoms with Crippen LogP contribution in [0.5, 0.6) is 0 Å². The summed E-state index contributed by atoms with van der Waals surface area (Å²) in [5.41, 5.74) is 12.7. The molecule has 21 heavy (non-hydrogen) atoms. The molecular formula is C15H16N2O4. The van der Waals surface area contributed by atoms with Gasteiger partial charge in [-0.2, -0.15) is 0 Å². The summed E-state index contributed by atoms with van der Waals surface area (Å²) in [7, 11) is 1.35. The minimum absolute atomic E-state index is 0.259. The Morgan fingerprint density at radius 3 is 1.57 bits per heavy atom. The summed E-state index contributed by atoms with van der Waals surface area (Å²) in [6.07, 6.45) is 0. The van der Waals surface area contributed by atoms with Crippen LogP contribution in [0.25, 0.3) is 0 Å². The van der Waals surface area contributed by atoms with Gasteiger partial charge in [-0.1, -0.05) is 0 Å². The number of carbonyl (C=O) groups is 2. The van der Waals surface area contributed by atoms with Crippen LogP contribution in [0.1, 0.15) is 20.7 Å². The Hall–Kier alpha value is -3.02. The smallest absolute Gasteiger partial charge is 0.337 e. The number of anilines is 2. The van der Waals surface area contributed by atoms with Crippen LogP contribution in [0, 0.1) is 0 Å². The van der Waals surface area contributed by atoms with E-state index in [9.17, 15) is 9.59 Å². The number of nitrogens with two attached hydrogens (primary N) is 2. The Bertz CT molecular complexity index is 607. The summed E-state index contributed by atoms with van der Waals surface area (Å²) in [5.74, 6) is -1.27. The minimum Gasteiger partial charge on any atom is -0.478 e. The van der Waals surface area contributed by atoms with E-state index in [0.717, 1.165) is 0 Å². The molecule has 0 aliphatic heterocycles. The Morgan fingerprint density at radius 1 is 0.857 bits per heavy atom. The van der Waals surface area contributed by atoms with Gasteiger partial charge >= 0.3 is 11.9 Å². The molecule has 0 aliphatic rings. The average molecular weight is 288 g/mol. The van der Waals surface area contributed by atoms with Crippen molar-refractivity contribution in [2.24, 2.45) is 0 Å². The van der Waals surface area contributed by atoms with Crippen LogP contribution in [0.4, 0.5) is 11.4 Å². The first-order chi connectivity index (χ1) is 9.93. The maximum atomic E-state index is 10.9. The van der Waals surface area contributed by atoms with Crippen LogP contribution in [-0.4, -0.2) is 24.2 Å². The number of carbonyl (C=O) groups excluding carboxylic acids is 1. The molecule has 5 N–H and O–H groups in total. The number of hydrogen-bond acceptors (Lipinski definition) is 5. The SMILES string of the molecule is COC(=O)c1ccc(N)cc1.Nc1ccc(C(=O)O)cc1. The lowest BCUT2D eigenvalue weighted by Crippen LogP contribution is -2.00. The summed E-state index contributed by atoms with van der Waals surface area (Å²) < 4.78 is 4.50. The molecule has 0 aromatic heterocycles. The van der Waals surface area contributed by atoms with Gasteiger partial charge in [0.25, 0.3) is 0 Å². The summed E-state index contributed by atoms with van der Waals surface area (Å²) in [4.78, 5) is 21.1. The highest BCUT2D eigenvalue weighted by atomic mass is 16.5. The van der Waals surface area contributed by atoms with E-state index in [1.165, 1.54) is 19.2 Å². The lowest BCUT2D eigenvalue weighted by atomic mass is 10.2. The van der Waals surface area contributed by atoms with E-state index < -0.39 is 5.97 Å². The molecule has 0 saturated heterocycles. The fourth-order valence-electron chi connectivity index (χ4n) is 1.36. The first-order valence-electron chi connectivity index (χ1n) is 5.96. The van der Waals surface area contributed by atoms with Gasteiger partial charge in [-0.15, -0.1) is 0 Å². The fourth-order valence-corrected chi connectivity index (χ4v) is 1.36. The Morgan fingerprint density at radius 2 is 1.24 bits per heavy atom. The van der Waals surface area contributed by atoms with Crippen LogP contribution in [-0.2, 0) is 4.74 Å². The Kier molecular flexibility index (Phi) is 5.76. The molecule has 0 heterocycles. The monoisotopic (exact) mass is 288 g/mol. The van der Waals surface area contributed by atoms with Crippen LogP contribution >= 0.6 is 0 Å². The van der Waals surface area contributed by atoms with E-state index in [-0.39, 0.29) is 11.5 Å². The molecule has 6 nitrogen and oxygen atoms in total. The van der Waals surface area contributed by atoms with E-state index >= 15 is 0 Å². The third-order valence-corrected chi connectivity index (χ3v) is 2.49. The van der Waals surface area contributed by atoms with Crippen molar-refractivity contribution in [1.82, 2.24) is 0 Å². The highest BCUT2D eigenvalue weighted by Crippen LogP contribution is 2.06. The molecular weight excluding hydrogens is 272 g/mol. The highest BCUT2D eigenvalue weighted by Gasteiger charge is 2.02. The molecule has 110 valence electrons. The molecule has 2 aromatic carbocycles. The van der Waals surface area contributed by atoms with Gasteiger partial charge in [0.15, 0.2) is 0 Å². The quantitative estimate of drug-likeness (QED) is 0.575. The number of carboxylic acid groups (broad SMARTS) is 1. The number of methoxy groups -OCH3 is 1. The van der Waals surface area contributed by atoms with Crippen LogP contribution in [0.3, 0.4) is 0 Å². The summed E-state index contributed by atoms with van der Waals surface area (Å²) in [5, 5.41) is 8.43. The van der Waals surface area contributed by atoms with Crippen LogP contribution in [0.2, 0.25) is 0 Å². The topological polar surface area (TPSA) is 116 Å². The van der Waals surface area contributed by atoms with Crippen LogP contribution in [0.15, 0.2) is 48.5 Å². The number of ether oxygens (including phenoxy) is 1. The van der Waals surface area contributed by atoms with Crippen molar-refractivity contribution < 1.29 is 19.4 Å². The second kappa shape index (κ2) is 7.54. The molecule has 0 amide bonds. The van der Waals surface area contributed by atoms with E-state index in [0.29, 0.717) is 16.9 Å². The standard InChI is InChI=1S/C8H9NO2.C7H7NO2/c1-11-8(10)6-2-4-7(9)5-3-6;8-6-3-1-5(2-4-6)7(9)10/h2-5H,9H2,1H3;1-4H,8H2,(H,9,10). The third kappa shape index (κ3) is 5.23. The predicted octanol–water partition coefficient (Wildman–Crippen LogP) is 2.02. The average Bonchev–Trinajstić information content (AvgIpc) is 2.48. The summed E-state index contributed by atoms with van der Waals surface area (Å²) in [6, 6.07) is 12.6. The zero-order chi connectivity index (χ0) is 15.8. The number of rotatable bonds is 2. The van der Waals surface area contributed by atoms with Gasteiger partial charge in [-0.3, -0.25) is 0 Å². The van der Waals surface area contributed by atoms with Crippen molar-refractivity contribution in [3.05, 3.63) is 59.7 Å². The lowest BCUT2D eigenvalue weighted by molar-refractivity contribution is 0.0600. The van der Waals surface area contributed by atoms with Crippen molar-refractivity contribution in [3.8, 4) is 0 Å². The van der Waals surface area contributed by atoms with E-state index in [2.05, 4.69) is 4.74 Å². The van der Waals surface area contributed by atoms with E-state index in [1.807, 2.05) is 0 Å². The Balaban J connectivity index is 0.000000211. The van der Waals surface area contributed by atoms with Crippen molar-refractivity contribution in [2.75, 3.05) is 18.6 Å². The molecule has 2 rings (SSSR count). The highest BCUT2D eigenvalue weighted by molar-refractivity contribution is 5.89. The summed E-state index contributed by atoms with van der Waals surface area (Å²) in [6.45, 7) is 0. The Labute approximate surface area is 121 Å². The zero-order valence-electron chi connectivity index (χ0n) is 11.4. The molecule has 0 radical (unpaired) electrons.